The monoisotopic (exact) mass is 606 g/mol. The topological polar surface area (TPSA) is 121 Å². The van der Waals surface area contributed by atoms with Gasteiger partial charge >= 0.3 is 0 Å². The number of rotatable bonds is 7. The summed E-state index contributed by atoms with van der Waals surface area (Å²) in [6, 6.07) is 12.8. The quantitative estimate of drug-likeness (QED) is 0.309. The highest BCUT2D eigenvalue weighted by molar-refractivity contribution is 6.01. The average Bonchev–Trinajstić information content (AvgIpc) is 3.74. The number of carbonyl (C=O) groups excluding carboxylic acids is 2. The van der Waals surface area contributed by atoms with Gasteiger partial charge in [0.05, 0.1) is 29.9 Å². The molecule has 3 unspecified atom stereocenters. The number of aryl methyl sites for hydroxylation is 1. The second kappa shape index (κ2) is 9.58. The molecule has 2 aromatic carbocycles. The van der Waals surface area contributed by atoms with Crippen LogP contribution in [0.15, 0.2) is 36.4 Å². The van der Waals surface area contributed by atoms with Crippen molar-refractivity contribution < 1.29 is 14.3 Å². The molecule has 9 rings (SSSR count). The predicted molar refractivity (Wildman–Crippen MR) is 173 cm³/mol. The number of carbonyl (C=O) groups is 2. The van der Waals surface area contributed by atoms with Crippen molar-refractivity contribution in [1.29, 1.82) is 0 Å². The van der Waals surface area contributed by atoms with Crippen molar-refractivity contribution in [1.82, 2.24) is 19.0 Å². The van der Waals surface area contributed by atoms with Crippen LogP contribution in [0, 0.1) is 23.7 Å². The lowest BCUT2D eigenvalue weighted by Crippen LogP contribution is -2.75. The first-order valence-corrected chi connectivity index (χ1v) is 16.8. The number of amides is 2. The molecule has 9 heteroatoms. The van der Waals surface area contributed by atoms with Gasteiger partial charge in [-0.25, -0.2) is 4.98 Å². The lowest BCUT2D eigenvalue weighted by molar-refractivity contribution is -0.122. The number of benzene rings is 2. The van der Waals surface area contributed by atoms with E-state index < -0.39 is 0 Å². The fraction of sp³-hybridized carbons (Fsp3) is 0.528. The summed E-state index contributed by atoms with van der Waals surface area (Å²) in [5.41, 5.74) is 18.2. The van der Waals surface area contributed by atoms with Gasteiger partial charge in [0.15, 0.2) is 5.82 Å². The van der Waals surface area contributed by atoms with Gasteiger partial charge in [-0.05, 0) is 92.4 Å². The molecule has 0 radical (unpaired) electrons. The summed E-state index contributed by atoms with van der Waals surface area (Å²) in [4.78, 5) is 33.3. The van der Waals surface area contributed by atoms with Crippen LogP contribution in [-0.4, -0.2) is 56.1 Å². The maximum absolute atomic E-state index is 13.9. The van der Waals surface area contributed by atoms with Crippen LogP contribution in [0.1, 0.15) is 73.2 Å². The summed E-state index contributed by atoms with van der Waals surface area (Å²) in [6.07, 6.45) is 8.41. The zero-order valence-corrected chi connectivity index (χ0v) is 26.2. The fourth-order valence-electron chi connectivity index (χ4n) is 9.63. The Hall–Kier alpha value is -3.85. The molecule has 9 nitrogen and oxygen atoms in total. The van der Waals surface area contributed by atoms with Gasteiger partial charge in [0, 0.05) is 42.5 Å². The third-order valence-corrected chi connectivity index (χ3v) is 12.4. The molecular formula is C36H42N6O3. The van der Waals surface area contributed by atoms with Crippen molar-refractivity contribution in [2.75, 3.05) is 13.7 Å². The molecule has 4 N–H and O–H groups in total. The number of ether oxygens (including phenoxy) is 1. The van der Waals surface area contributed by atoms with Crippen molar-refractivity contribution >= 4 is 33.8 Å². The Bertz CT molecular complexity index is 1900. The number of imidazole rings is 1. The lowest BCUT2D eigenvalue weighted by atomic mass is 9.47. The van der Waals surface area contributed by atoms with Crippen LogP contribution >= 0.6 is 0 Å². The van der Waals surface area contributed by atoms with E-state index in [0.29, 0.717) is 35.0 Å². The molecule has 0 spiro atoms. The molecule has 2 aromatic heterocycles. The maximum Gasteiger partial charge on any atom is 0.254 e. The van der Waals surface area contributed by atoms with Crippen LogP contribution in [0.3, 0.4) is 0 Å². The summed E-state index contributed by atoms with van der Waals surface area (Å²) in [6.45, 7) is 1.68. The van der Waals surface area contributed by atoms with Crippen molar-refractivity contribution in [3.63, 3.8) is 0 Å². The van der Waals surface area contributed by atoms with Crippen LogP contribution in [-0.2, 0) is 18.4 Å². The van der Waals surface area contributed by atoms with Crippen LogP contribution < -0.4 is 16.2 Å². The van der Waals surface area contributed by atoms with E-state index in [1.807, 2.05) is 24.1 Å². The third kappa shape index (κ3) is 3.85. The minimum Gasteiger partial charge on any atom is -0.494 e. The molecule has 3 heterocycles. The predicted octanol–water partition coefficient (Wildman–Crippen LogP) is 4.93. The SMILES string of the molecule is COc1cc(C(=O)N2C[C@H]3CC4C[C@@H]2[C@@]43N)cc2nc(-c3cc4cccc(C5CCCC(C(N)=O)C5)c4n3CC3CC3)n(C)c12. The Labute approximate surface area is 262 Å². The van der Waals surface area contributed by atoms with E-state index in [4.69, 9.17) is 21.2 Å². The Morgan fingerprint density at radius 3 is 2.62 bits per heavy atom. The van der Waals surface area contributed by atoms with Crippen LogP contribution in [0.4, 0.5) is 0 Å². The Kier molecular flexibility index (Phi) is 5.85. The fourth-order valence-corrected chi connectivity index (χ4v) is 9.63. The van der Waals surface area contributed by atoms with E-state index in [1.165, 1.54) is 29.3 Å². The minimum absolute atomic E-state index is 0.0271. The highest BCUT2D eigenvalue weighted by Crippen LogP contribution is 2.62. The number of aromatic nitrogens is 3. The van der Waals surface area contributed by atoms with Crippen molar-refractivity contribution in [3.8, 4) is 17.3 Å². The molecule has 2 amide bonds. The number of hydrogen-bond acceptors (Lipinski definition) is 5. The van der Waals surface area contributed by atoms with E-state index in [-0.39, 0.29) is 29.3 Å². The standard InChI is InChI=1S/C36H42N6O3/c1-40-32-27(12-23(14-29(32)45-2)35(44)42-18-25-15-24-16-30(42)36(24,25)38)39-34(40)28-13-21-6-4-8-26(31(21)41(28)17-19-9-10-19)20-5-3-7-22(11-20)33(37)43/h4,6,8,12-14,19-20,22,24-25,30H,3,5,7,9-11,15-18,38H2,1-2H3,(H2,37,43)/t20?,22?,24?,25-,30-,36-/m1/s1. The minimum atomic E-state index is -0.177. The van der Waals surface area contributed by atoms with Gasteiger partial charge in [0.1, 0.15) is 11.3 Å². The summed E-state index contributed by atoms with van der Waals surface area (Å²) in [5.74, 6) is 3.24. The largest absolute Gasteiger partial charge is 0.494 e. The number of likely N-dealkylation sites (tertiary alicyclic amines) is 1. The Morgan fingerprint density at radius 1 is 1.04 bits per heavy atom. The van der Waals surface area contributed by atoms with Crippen molar-refractivity contribution in [2.24, 2.45) is 42.2 Å². The molecule has 4 aromatic rings. The molecule has 5 aliphatic rings. The summed E-state index contributed by atoms with van der Waals surface area (Å²) in [5, 5.41) is 1.19. The van der Waals surface area contributed by atoms with E-state index >= 15 is 0 Å². The molecule has 4 aliphatic carbocycles. The van der Waals surface area contributed by atoms with E-state index in [9.17, 15) is 9.59 Å². The van der Waals surface area contributed by atoms with Gasteiger partial charge in [-0.3, -0.25) is 9.59 Å². The molecule has 4 saturated carbocycles. The van der Waals surface area contributed by atoms with Crippen LogP contribution in [0.5, 0.6) is 5.75 Å². The summed E-state index contributed by atoms with van der Waals surface area (Å²) >= 11 is 0. The number of fused-ring (bicyclic) bond motifs is 2. The number of para-hydroxylation sites is 1. The van der Waals surface area contributed by atoms with Crippen molar-refractivity contribution in [2.45, 2.75) is 75.4 Å². The first kappa shape index (κ1) is 27.5. The molecular weight excluding hydrogens is 564 g/mol. The van der Waals surface area contributed by atoms with E-state index in [2.05, 4.69) is 33.4 Å². The second-order valence-corrected chi connectivity index (χ2v) is 14.7. The zero-order chi connectivity index (χ0) is 30.8. The second-order valence-electron chi connectivity index (χ2n) is 14.7. The zero-order valence-electron chi connectivity index (χ0n) is 26.2. The Morgan fingerprint density at radius 2 is 1.89 bits per heavy atom. The van der Waals surface area contributed by atoms with Gasteiger partial charge in [-0.15, -0.1) is 0 Å². The first-order valence-electron chi connectivity index (χ1n) is 16.8. The molecule has 5 fully saturated rings. The number of nitrogens with zero attached hydrogens (tertiary/aromatic N) is 4. The normalized spacial score (nSPS) is 30.3. The first-order chi connectivity index (χ1) is 21.8. The van der Waals surface area contributed by atoms with Gasteiger partial charge in [0.25, 0.3) is 5.91 Å². The highest BCUT2D eigenvalue weighted by Gasteiger charge is 2.71. The molecule has 1 saturated heterocycles. The number of primary amides is 1. The number of nitrogens with two attached hydrogens (primary N) is 2. The molecule has 45 heavy (non-hydrogen) atoms. The lowest BCUT2D eigenvalue weighted by Gasteiger charge is -2.61. The smallest absolute Gasteiger partial charge is 0.254 e. The molecule has 6 atom stereocenters. The molecule has 0 bridgehead atoms. The van der Waals surface area contributed by atoms with E-state index in [1.54, 1.807) is 7.11 Å². The van der Waals surface area contributed by atoms with Gasteiger partial charge in [0.2, 0.25) is 5.91 Å². The average molecular weight is 607 g/mol. The molecule has 234 valence electrons. The summed E-state index contributed by atoms with van der Waals surface area (Å²) < 4.78 is 10.5. The maximum atomic E-state index is 13.9. The number of hydrogen-bond donors (Lipinski definition) is 2. The number of methoxy groups -OCH3 is 1. The van der Waals surface area contributed by atoms with Crippen LogP contribution in [0.25, 0.3) is 33.5 Å². The third-order valence-electron chi connectivity index (χ3n) is 12.4. The summed E-state index contributed by atoms with van der Waals surface area (Å²) in [7, 11) is 3.70. The van der Waals surface area contributed by atoms with E-state index in [0.717, 1.165) is 74.2 Å². The van der Waals surface area contributed by atoms with Gasteiger partial charge in [-0.2, -0.15) is 0 Å². The highest BCUT2D eigenvalue weighted by atomic mass is 16.5. The molecule has 1 aliphatic heterocycles. The van der Waals surface area contributed by atoms with Crippen molar-refractivity contribution in [3.05, 3.63) is 47.5 Å². The van der Waals surface area contributed by atoms with Crippen LogP contribution in [0.2, 0.25) is 0 Å². The Balaban J connectivity index is 1.15. The van der Waals surface area contributed by atoms with Gasteiger partial charge in [-0.1, -0.05) is 24.6 Å². The van der Waals surface area contributed by atoms with Gasteiger partial charge < -0.3 is 30.2 Å².